The molecule has 1 rings (SSSR count). The predicted octanol–water partition coefficient (Wildman–Crippen LogP) is 2.19. The van der Waals surface area contributed by atoms with E-state index in [-0.39, 0.29) is 5.92 Å². The van der Waals surface area contributed by atoms with Gasteiger partial charge in [0.15, 0.2) is 0 Å². The van der Waals surface area contributed by atoms with E-state index >= 15 is 0 Å². The molecular weight excluding hydrogens is 190 g/mol. The van der Waals surface area contributed by atoms with Crippen LogP contribution in [0.3, 0.4) is 0 Å². The number of allylic oxidation sites excluding steroid dienone is 1. The van der Waals surface area contributed by atoms with E-state index in [0.717, 1.165) is 13.0 Å². The molecule has 0 saturated carbocycles. The number of hydrogen-bond donors (Lipinski definition) is 2. The molecule has 1 atom stereocenters. The Morgan fingerprint density at radius 2 is 2.40 bits per heavy atom. The van der Waals surface area contributed by atoms with Gasteiger partial charge in [-0.1, -0.05) is 18.6 Å². The predicted molar refractivity (Wildman–Crippen MR) is 60.8 cm³/mol. The molecule has 0 bridgehead atoms. The van der Waals surface area contributed by atoms with Crippen LogP contribution in [0.2, 0.25) is 0 Å². The summed E-state index contributed by atoms with van der Waals surface area (Å²) in [6, 6.07) is 0. The quantitative estimate of drug-likeness (QED) is 0.523. The van der Waals surface area contributed by atoms with Gasteiger partial charge in [0, 0.05) is 6.54 Å². The molecule has 1 aliphatic carbocycles. The van der Waals surface area contributed by atoms with E-state index in [2.05, 4.69) is 11.4 Å². The van der Waals surface area contributed by atoms with Crippen LogP contribution in [-0.2, 0) is 4.79 Å². The van der Waals surface area contributed by atoms with Crippen LogP contribution in [0, 0.1) is 5.92 Å². The van der Waals surface area contributed by atoms with Gasteiger partial charge in [-0.2, -0.15) is 0 Å². The Bertz CT molecular complexity index is 236. The number of carboxylic acid groups (broad SMARTS) is 1. The van der Waals surface area contributed by atoms with Crippen molar-refractivity contribution in [3.8, 4) is 0 Å². The molecule has 1 aliphatic rings. The topological polar surface area (TPSA) is 49.3 Å². The van der Waals surface area contributed by atoms with Crippen molar-refractivity contribution >= 4 is 5.97 Å². The van der Waals surface area contributed by atoms with Crippen LogP contribution >= 0.6 is 0 Å². The van der Waals surface area contributed by atoms with E-state index in [1.165, 1.54) is 31.3 Å². The van der Waals surface area contributed by atoms with Gasteiger partial charge in [-0.3, -0.25) is 4.79 Å². The highest BCUT2D eigenvalue weighted by atomic mass is 16.4. The minimum absolute atomic E-state index is 0.287. The summed E-state index contributed by atoms with van der Waals surface area (Å²) in [6.07, 6.45) is 8.51. The standard InChI is InChI=1S/C12H21NO2/c1-10(12(14)15)9-13-8-7-11-5-3-2-4-6-11/h5,10,13H,2-4,6-9H2,1H3,(H,14,15). The molecule has 0 heterocycles. The second kappa shape index (κ2) is 6.62. The van der Waals surface area contributed by atoms with Gasteiger partial charge in [0.2, 0.25) is 0 Å². The smallest absolute Gasteiger partial charge is 0.307 e. The Morgan fingerprint density at radius 1 is 1.60 bits per heavy atom. The Kier molecular flexibility index (Phi) is 5.40. The summed E-state index contributed by atoms with van der Waals surface area (Å²) in [4.78, 5) is 10.5. The van der Waals surface area contributed by atoms with Crippen LogP contribution in [0.4, 0.5) is 0 Å². The first-order chi connectivity index (χ1) is 7.20. The van der Waals surface area contributed by atoms with E-state index in [1.807, 2.05) is 0 Å². The molecule has 1 unspecified atom stereocenters. The monoisotopic (exact) mass is 211 g/mol. The number of carbonyl (C=O) groups is 1. The second-order valence-corrected chi connectivity index (χ2v) is 4.30. The van der Waals surface area contributed by atoms with Gasteiger partial charge in [-0.15, -0.1) is 0 Å². The summed E-state index contributed by atoms with van der Waals surface area (Å²) in [5, 5.41) is 11.9. The van der Waals surface area contributed by atoms with Crippen molar-refractivity contribution in [3.63, 3.8) is 0 Å². The van der Waals surface area contributed by atoms with Gasteiger partial charge in [0.25, 0.3) is 0 Å². The first kappa shape index (κ1) is 12.2. The van der Waals surface area contributed by atoms with E-state index < -0.39 is 5.97 Å². The SMILES string of the molecule is CC(CNCCC1=CCCCC1)C(=O)O. The van der Waals surface area contributed by atoms with E-state index in [0.29, 0.717) is 6.54 Å². The average Bonchev–Trinajstić information content (AvgIpc) is 2.25. The Morgan fingerprint density at radius 3 is 3.00 bits per heavy atom. The maximum Gasteiger partial charge on any atom is 0.307 e. The lowest BCUT2D eigenvalue weighted by Crippen LogP contribution is -2.27. The van der Waals surface area contributed by atoms with Crippen molar-refractivity contribution < 1.29 is 9.90 Å². The van der Waals surface area contributed by atoms with Gasteiger partial charge >= 0.3 is 5.97 Å². The van der Waals surface area contributed by atoms with Crippen molar-refractivity contribution in [2.75, 3.05) is 13.1 Å². The molecule has 0 saturated heterocycles. The summed E-state index contributed by atoms with van der Waals surface area (Å²) in [5.41, 5.74) is 1.54. The molecule has 0 spiro atoms. The first-order valence-electron chi connectivity index (χ1n) is 5.81. The minimum atomic E-state index is -0.723. The third kappa shape index (κ3) is 4.98. The largest absolute Gasteiger partial charge is 0.481 e. The van der Waals surface area contributed by atoms with Crippen molar-refractivity contribution in [1.29, 1.82) is 0 Å². The van der Waals surface area contributed by atoms with Crippen LogP contribution in [-0.4, -0.2) is 24.2 Å². The molecule has 0 aromatic carbocycles. The zero-order valence-corrected chi connectivity index (χ0v) is 9.46. The molecule has 0 radical (unpaired) electrons. The fourth-order valence-electron chi connectivity index (χ4n) is 1.79. The lowest BCUT2D eigenvalue weighted by molar-refractivity contribution is -0.140. The van der Waals surface area contributed by atoms with E-state index in [4.69, 9.17) is 5.11 Å². The van der Waals surface area contributed by atoms with Crippen molar-refractivity contribution in [2.24, 2.45) is 5.92 Å². The molecule has 2 N–H and O–H groups in total. The minimum Gasteiger partial charge on any atom is -0.481 e. The van der Waals surface area contributed by atoms with Gasteiger partial charge in [-0.25, -0.2) is 0 Å². The molecule has 0 aromatic heterocycles. The van der Waals surface area contributed by atoms with E-state index in [1.54, 1.807) is 6.92 Å². The van der Waals surface area contributed by atoms with Crippen molar-refractivity contribution in [1.82, 2.24) is 5.32 Å². The molecule has 15 heavy (non-hydrogen) atoms. The number of aliphatic carboxylic acids is 1. The molecular formula is C12H21NO2. The van der Waals surface area contributed by atoms with Gasteiger partial charge < -0.3 is 10.4 Å². The van der Waals surface area contributed by atoms with Crippen LogP contribution < -0.4 is 5.32 Å². The maximum absolute atomic E-state index is 10.5. The molecule has 0 fully saturated rings. The Hall–Kier alpha value is -0.830. The molecule has 0 amide bonds. The Balaban J connectivity index is 2.06. The summed E-state index contributed by atoms with van der Waals surface area (Å²) < 4.78 is 0. The van der Waals surface area contributed by atoms with Crippen LogP contribution in [0.15, 0.2) is 11.6 Å². The van der Waals surface area contributed by atoms with E-state index in [9.17, 15) is 4.79 Å². The summed E-state index contributed by atoms with van der Waals surface area (Å²) in [6.45, 7) is 3.21. The zero-order chi connectivity index (χ0) is 11.1. The molecule has 3 nitrogen and oxygen atoms in total. The summed E-state index contributed by atoms with van der Waals surface area (Å²) in [5.74, 6) is -1.01. The summed E-state index contributed by atoms with van der Waals surface area (Å²) in [7, 11) is 0. The number of carboxylic acids is 1. The number of rotatable bonds is 6. The lowest BCUT2D eigenvalue weighted by Gasteiger charge is -2.13. The normalized spacial score (nSPS) is 18.3. The van der Waals surface area contributed by atoms with Crippen molar-refractivity contribution in [3.05, 3.63) is 11.6 Å². The fourth-order valence-corrected chi connectivity index (χ4v) is 1.79. The van der Waals surface area contributed by atoms with Gasteiger partial charge in [0.05, 0.1) is 5.92 Å². The highest BCUT2D eigenvalue weighted by molar-refractivity contribution is 5.69. The lowest BCUT2D eigenvalue weighted by atomic mass is 9.97. The zero-order valence-electron chi connectivity index (χ0n) is 9.46. The maximum atomic E-state index is 10.5. The van der Waals surface area contributed by atoms with Crippen molar-refractivity contribution in [2.45, 2.75) is 39.0 Å². The Labute approximate surface area is 91.6 Å². The second-order valence-electron chi connectivity index (χ2n) is 4.30. The van der Waals surface area contributed by atoms with Gasteiger partial charge in [0.1, 0.15) is 0 Å². The summed E-state index contributed by atoms with van der Waals surface area (Å²) >= 11 is 0. The number of nitrogens with one attached hydrogen (secondary N) is 1. The third-order valence-electron chi connectivity index (χ3n) is 2.88. The van der Waals surface area contributed by atoms with Crippen LogP contribution in [0.25, 0.3) is 0 Å². The average molecular weight is 211 g/mol. The van der Waals surface area contributed by atoms with Gasteiger partial charge in [-0.05, 0) is 38.6 Å². The van der Waals surface area contributed by atoms with Crippen LogP contribution in [0.1, 0.15) is 39.0 Å². The number of hydrogen-bond acceptors (Lipinski definition) is 2. The molecule has 0 aromatic rings. The highest BCUT2D eigenvalue weighted by Crippen LogP contribution is 2.19. The third-order valence-corrected chi connectivity index (χ3v) is 2.88. The van der Waals surface area contributed by atoms with Crippen LogP contribution in [0.5, 0.6) is 0 Å². The molecule has 3 heteroatoms. The first-order valence-corrected chi connectivity index (χ1v) is 5.81. The molecule has 0 aliphatic heterocycles. The molecule has 86 valence electrons. The highest BCUT2D eigenvalue weighted by Gasteiger charge is 2.09. The fraction of sp³-hybridized carbons (Fsp3) is 0.750.